The summed E-state index contributed by atoms with van der Waals surface area (Å²) in [6.07, 6.45) is 0. The average Bonchev–Trinajstić information content (AvgIpc) is 2.42. The van der Waals surface area contributed by atoms with Crippen LogP contribution in [0, 0.1) is 15.0 Å². The summed E-state index contributed by atoms with van der Waals surface area (Å²) < 4.78 is 2.76. The van der Waals surface area contributed by atoms with Crippen molar-refractivity contribution in [1.82, 2.24) is 9.78 Å². The number of fused-ring (bicyclic) bond motifs is 1. The molecule has 0 N–H and O–H groups in total. The van der Waals surface area contributed by atoms with Crippen LogP contribution in [0.3, 0.4) is 0 Å². The molecule has 0 bridgehead atoms. The second kappa shape index (κ2) is 3.00. The fourth-order valence-corrected chi connectivity index (χ4v) is 2.06. The van der Waals surface area contributed by atoms with Gasteiger partial charge in [0.2, 0.25) is 0 Å². The smallest absolute Gasteiger partial charge is 0.131 e. The average molecular weight is 283 g/mol. The van der Waals surface area contributed by atoms with Gasteiger partial charge in [-0.05, 0) is 40.8 Å². The molecule has 0 radical (unpaired) electrons. The van der Waals surface area contributed by atoms with Crippen molar-refractivity contribution >= 4 is 33.5 Å². The van der Waals surface area contributed by atoms with E-state index in [-0.39, 0.29) is 0 Å². The SMILES string of the molecule is Cn1nc(I)c2ccc(C#N)cc21. The molecular formula is C9H6IN3. The molecule has 4 heteroatoms. The summed E-state index contributed by atoms with van der Waals surface area (Å²) in [5.41, 5.74) is 1.68. The fourth-order valence-electron chi connectivity index (χ4n) is 1.28. The lowest BCUT2D eigenvalue weighted by molar-refractivity contribution is 0.787. The normalized spacial score (nSPS) is 10.2. The predicted molar refractivity (Wildman–Crippen MR) is 58.1 cm³/mol. The minimum absolute atomic E-state index is 0.673. The minimum Gasteiger partial charge on any atom is -0.267 e. The van der Waals surface area contributed by atoms with Crippen LogP contribution in [0.15, 0.2) is 18.2 Å². The molecule has 1 aromatic heterocycles. The lowest BCUT2D eigenvalue weighted by Gasteiger charge is -1.93. The van der Waals surface area contributed by atoms with E-state index in [0.717, 1.165) is 14.6 Å². The van der Waals surface area contributed by atoms with Crippen molar-refractivity contribution < 1.29 is 0 Å². The van der Waals surface area contributed by atoms with Crippen molar-refractivity contribution in [2.24, 2.45) is 7.05 Å². The van der Waals surface area contributed by atoms with Crippen molar-refractivity contribution in [3.8, 4) is 6.07 Å². The third-order valence-corrected chi connectivity index (χ3v) is 2.73. The molecule has 0 saturated carbocycles. The van der Waals surface area contributed by atoms with Gasteiger partial charge >= 0.3 is 0 Å². The number of rotatable bonds is 0. The largest absolute Gasteiger partial charge is 0.267 e. The highest BCUT2D eigenvalue weighted by atomic mass is 127. The van der Waals surface area contributed by atoms with E-state index in [1.807, 2.05) is 25.2 Å². The Hall–Kier alpha value is -1.09. The standard InChI is InChI=1S/C9H6IN3/c1-13-8-4-6(5-11)2-3-7(8)9(10)12-13/h2-4H,1H3. The summed E-state index contributed by atoms with van der Waals surface area (Å²) in [6, 6.07) is 7.71. The highest BCUT2D eigenvalue weighted by Crippen LogP contribution is 2.20. The minimum atomic E-state index is 0.673. The summed E-state index contributed by atoms with van der Waals surface area (Å²) >= 11 is 2.19. The lowest BCUT2D eigenvalue weighted by atomic mass is 10.2. The van der Waals surface area contributed by atoms with Gasteiger partial charge in [-0.15, -0.1) is 0 Å². The second-order valence-corrected chi connectivity index (χ2v) is 3.78. The number of aryl methyl sites for hydroxylation is 1. The van der Waals surface area contributed by atoms with E-state index in [4.69, 9.17) is 5.26 Å². The van der Waals surface area contributed by atoms with E-state index in [1.165, 1.54) is 0 Å². The van der Waals surface area contributed by atoms with Crippen LogP contribution < -0.4 is 0 Å². The second-order valence-electron chi connectivity index (χ2n) is 2.76. The molecule has 0 fully saturated rings. The first kappa shape index (κ1) is 8.51. The third kappa shape index (κ3) is 1.29. The maximum atomic E-state index is 8.71. The fraction of sp³-hybridized carbons (Fsp3) is 0.111. The molecule has 0 spiro atoms. The van der Waals surface area contributed by atoms with Gasteiger partial charge in [-0.1, -0.05) is 0 Å². The van der Waals surface area contributed by atoms with Crippen LogP contribution in [0.1, 0.15) is 5.56 Å². The topological polar surface area (TPSA) is 41.6 Å². The Morgan fingerprint density at radius 1 is 1.54 bits per heavy atom. The molecule has 3 nitrogen and oxygen atoms in total. The van der Waals surface area contributed by atoms with Crippen molar-refractivity contribution in [2.45, 2.75) is 0 Å². The van der Waals surface area contributed by atoms with Gasteiger partial charge in [-0.3, -0.25) is 4.68 Å². The molecule has 2 aromatic rings. The lowest BCUT2D eigenvalue weighted by Crippen LogP contribution is -1.89. The van der Waals surface area contributed by atoms with Gasteiger partial charge in [-0.2, -0.15) is 10.4 Å². The molecule has 64 valence electrons. The number of nitriles is 1. The quantitative estimate of drug-likeness (QED) is 0.694. The maximum Gasteiger partial charge on any atom is 0.131 e. The summed E-state index contributed by atoms with van der Waals surface area (Å²) in [4.78, 5) is 0. The van der Waals surface area contributed by atoms with Gasteiger partial charge < -0.3 is 0 Å². The van der Waals surface area contributed by atoms with Crippen LogP contribution in [0.4, 0.5) is 0 Å². The zero-order valence-corrected chi connectivity index (χ0v) is 9.11. The van der Waals surface area contributed by atoms with Crippen molar-refractivity contribution in [3.05, 3.63) is 27.5 Å². The van der Waals surface area contributed by atoms with E-state index in [9.17, 15) is 0 Å². The summed E-state index contributed by atoms with van der Waals surface area (Å²) in [5.74, 6) is 0. The van der Waals surface area contributed by atoms with E-state index in [1.54, 1.807) is 4.68 Å². The van der Waals surface area contributed by atoms with Gasteiger partial charge in [0.15, 0.2) is 0 Å². The van der Waals surface area contributed by atoms with Crippen molar-refractivity contribution in [1.29, 1.82) is 5.26 Å². The Morgan fingerprint density at radius 3 is 3.00 bits per heavy atom. The molecule has 0 unspecified atom stereocenters. The molecule has 0 amide bonds. The van der Waals surface area contributed by atoms with Crippen LogP contribution in [0.5, 0.6) is 0 Å². The number of benzene rings is 1. The molecule has 0 aliphatic rings. The molecule has 2 rings (SSSR count). The van der Waals surface area contributed by atoms with Crippen LogP contribution in [-0.2, 0) is 7.05 Å². The number of aromatic nitrogens is 2. The first-order valence-corrected chi connectivity index (χ1v) is 4.82. The van der Waals surface area contributed by atoms with Crippen LogP contribution in [-0.4, -0.2) is 9.78 Å². The molecule has 0 aliphatic heterocycles. The Labute approximate surface area is 89.1 Å². The predicted octanol–water partition coefficient (Wildman–Crippen LogP) is 2.05. The summed E-state index contributed by atoms with van der Waals surface area (Å²) in [7, 11) is 1.88. The van der Waals surface area contributed by atoms with E-state index in [2.05, 4.69) is 33.8 Å². The Balaban J connectivity index is 2.86. The Bertz CT molecular complexity index is 507. The molecule has 1 aromatic carbocycles. The number of hydrogen-bond donors (Lipinski definition) is 0. The zero-order valence-electron chi connectivity index (χ0n) is 6.95. The molecule has 0 aliphatic carbocycles. The van der Waals surface area contributed by atoms with Gasteiger partial charge in [0.25, 0.3) is 0 Å². The van der Waals surface area contributed by atoms with E-state index >= 15 is 0 Å². The Kier molecular flexibility index (Phi) is 1.96. The van der Waals surface area contributed by atoms with Crippen LogP contribution in [0.25, 0.3) is 10.9 Å². The molecule has 0 atom stereocenters. The first-order chi connectivity index (χ1) is 6.22. The maximum absolute atomic E-state index is 8.71. The van der Waals surface area contributed by atoms with Gasteiger partial charge in [-0.25, -0.2) is 0 Å². The number of nitrogens with zero attached hydrogens (tertiary/aromatic N) is 3. The number of halogens is 1. The summed E-state index contributed by atoms with van der Waals surface area (Å²) in [5, 5.41) is 14.1. The molecule has 1 heterocycles. The zero-order chi connectivity index (χ0) is 9.42. The van der Waals surface area contributed by atoms with Crippen LogP contribution >= 0.6 is 22.6 Å². The molecule has 0 saturated heterocycles. The van der Waals surface area contributed by atoms with Gasteiger partial charge in [0.1, 0.15) is 3.70 Å². The van der Waals surface area contributed by atoms with Crippen molar-refractivity contribution in [3.63, 3.8) is 0 Å². The monoisotopic (exact) mass is 283 g/mol. The number of hydrogen-bond acceptors (Lipinski definition) is 2. The molecular weight excluding hydrogens is 277 g/mol. The highest BCUT2D eigenvalue weighted by Gasteiger charge is 2.05. The van der Waals surface area contributed by atoms with E-state index in [0.29, 0.717) is 5.56 Å². The van der Waals surface area contributed by atoms with Gasteiger partial charge in [0.05, 0.1) is 17.1 Å². The third-order valence-electron chi connectivity index (χ3n) is 1.94. The first-order valence-electron chi connectivity index (χ1n) is 3.75. The van der Waals surface area contributed by atoms with Crippen molar-refractivity contribution in [2.75, 3.05) is 0 Å². The Morgan fingerprint density at radius 2 is 2.31 bits per heavy atom. The summed E-state index contributed by atoms with van der Waals surface area (Å²) in [6.45, 7) is 0. The van der Waals surface area contributed by atoms with Crippen LogP contribution in [0.2, 0.25) is 0 Å². The van der Waals surface area contributed by atoms with E-state index < -0.39 is 0 Å². The van der Waals surface area contributed by atoms with Gasteiger partial charge in [0, 0.05) is 12.4 Å². The highest BCUT2D eigenvalue weighted by molar-refractivity contribution is 14.1. The molecule has 13 heavy (non-hydrogen) atoms.